The molecule has 1 fully saturated rings. The Bertz CT molecular complexity index is 885. The highest BCUT2D eigenvalue weighted by Gasteiger charge is 2.17. The summed E-state index contributed by atoms with van der Waals surface area (Å²) < 4.78 is 1.83. The Balaban J connectivity index is 1.45. The predicted octanol–water partition coefficient (Wildman–Crippen LogP) is 2.25. The molecule has 4 rings (SSSR count). The zero-order chi connectivity index (χ0) is 17.8. The van der Waals surface area contributed by atoms with Crippen molar-refractivity contribution in [3.05, 3.63) is 48.4 Å². The minimum absolute atomic E-state index is 0.0781. The molecule has 3 heterocycles. The van der Waals surface area contributed by atoms with Gasteiger partial charge in [-0.1, -0.05) is 18.2 Å². The van der Waals surface area contributed by atoms with Gasteiger partial charge in [-0.2, -0.15) is 5.10 Å². The molecule has 26 heavy (non-hydrogen) atoms. The third-order valence-corrected chi connectivity index (χ3v) is 4.71. The van der Waals surface area contributed by atoms with E-state index in [0.29, 0.717) is 18.7 Å². The Hall–Kier alpha value is -2.96. The van der Waals surface area contributed by atoms with Crippen LogP contribution in [-0.4, -0.2) is 45.3 Å². The Morgan fingerprint density at radius 3 is 2.69 bits per heavy atom. The Kier molecular flexibility index (Phi) is 4.77. The van der Waals surface area contributed by atoms with Crippen molar-refractivity contribution in [1.82, 2.24) is 25.1 Å². The van der Waals surface area contributed by atoms with Crippen molar-refractivity contribution in [1.29, 1.82) is 0 Å². The van der Waals surface area contributed by atoms with E-state index in [1.807, 2.05) is 29.1 Å². The zero-order valence-electron chi connectivity index (χ0n) is 14.6. The first-order valence-corrected chi connectivity index (χ1v) is 9.07. The van der Waals surface area contributed by atoms with Crippen LogP contribution >= 0.6 is 0 Å². The quantitative estimate of drug-likeness (QED) is 0.764. The SMILES string of the molecule is O=C(NCCn1ncc2c(N3CCCCC3)ncnc21)c1ccccc1. The molecule has 1 aromatic carbocycles. The lowest BCUT2D eigenvalue weighted by Gasteiger charge is -2.27. The van der Waals surface area contributed by atoms with Crippen molar-refractivity contribution in [2.24, 2.45) is 0 Å². The van der Waals surface area contributed by atoms with Crippen LogP contribution < -0.4 is 10.2 Å². The lowest BCUT2D eigenvalue weighted by Crippen LogP contribution is -2.30. The van der Waals surface area contributed by atoms with Crippen molar-refractivity contribution in [2.75, 3.05) is 24.5 Å². The monoisotopic (exact) mass is 350 g/mol. The van der Waals surface area contributed by atoms with Gasteiger partial charge in [0.2, 0.25) is 0 Å². The lowest BCUT2D eigenvalue weighted by molar-refractivity contribution is 0.0952. The van der Waals surface area contributed by atoms with E-state index in [1.165, 1.54) is 19.3 Å². The first-order chi connectivity index (χ1) is 12.8. The fraction of sp³-hybridized carbons (Fsp3) is 0.368. The van der Waals surface area contributed by atoms with Gasteiger partial charge in [0.1, 0.15) is 12.1 Å². The fourth-order valence-corrected chi connectivity index (χ4v) is 3.37. The van der Waals surface area contributed by atoms with Gasteiger partial charge in [-0.3, -0.25) is 4.79 Å². The number of benzene rings is 1. The molecule has 0 unspecified atom stereocenters. The molecule has 0 aliphatic carbocycles. The van der Waals surface area contributed by atoms with Crippen molar-refractivity contribution >= 4 is 22.8 Å². The molecule has 134 valence electrons. The van der Waals surface area contributed by atoms with E-state index in [9.17, 15) is 4.79 Å². The Labute approximate surface area is 152 Å². The average molecular weight is 350 g/mol. The molecule has 1 N–H and O–H groups in total. The van der Waals surface area contributed by atoms with E-state index in [4.69, 9.17) is 0 Å². The van der Waals surface area contributed by atoms with Crippen LogP contribution in [0.4, 0.5) is 5.82 Å². The van der Waals surface area contributed by atoms with Gasteiger partial charge >= 0.3 is 0 Å². The van der Waals surface area contributed by atoms with Gasteiger partial charge in [0.05, 0.1) is 18.1 Å². The van der Waals surface area contributed by atoms with E-state index >= 15 is 0 Å². The van der Waals surface area contributed by atoms with Crippen LogP contribution in [-0.2, 0) is 6.54 Å². The molecule has 1 amide bonds. The molecule has 0 bridgehead atoms. The zero-order valence-corrected chi connectivity index (χ0v) is 14.6. The highest BCUT2D eigenvalue weighted by molar-refractivity contribution is 5.94. The molecular formula is C19H22N6O. The molecule has 0 spiro atoms. The summed E-state index contributed by atoms with van der Waals surface area (Å²) in [6.45, 7) is 3.13. The minimum atomic E-state index is -0.0781. The highest BCUT2D eigenvalue weighted by atomic mass is 16.1. The summed E-state index contributed by atoms with van der Waals surface area (Å²) >= 11 is 0. The number of nitrogens with zero attached hydrogens (tertiary/aromatic N) is 5. The van der Waals surface area contributed by atoms with Crippen LogP contribution in [0.2, 0.25) is 0 Å². The maximum atomic E-state index is 12.1. The van der Waals surface area contributed by atoms with Crippen LogP contribution in [0.3, 0.4) is 0 Å². The average Bonchev–Trinajstić information content (AvgIpc) is 3.12. The number of carbonyl (C=O) groups excluding carboxylic acids is 1. The highest BCUT2D eigenvalue weighted by Crippen LogP contribution is 2.25. The molecule has 1 aliphatic rings. The molecule has 3 aromatic rings. The third kappa shape index (κ3) is 3.37. The second-order valence-corrected chi connectivity index (χ2v) is 6.47. The number of fused-ring (bicyclic) bond motifs is 1. The summed E-state index contributed by atoms with van der Waals surface area (Å²) in [5.74, 6) is 0.889. The first-order valence-electron chi connectivity index (χ1n) is 9.07. The van der Waals surface area contributed by atoms with Crippen LogP contribution in [0.25, 0.3) is 11.0 Å². The lowest BCUT2D eigenvalue weighted by atomic mass is 10.1. The normalized spacial score (nSPS) is 14.5. The number of rotatable bonds is 5. The predicted molar refractivity (Wildman–Crippen MR) is 100 cm³/mol. The number of hydrogen-bond donors (Lipinski definition) is 1. The van der Waals surface area contributed by atoms with Gasteiger partial charge in [-0.15, -0.1) is 0 Å². The molecular weight excluding hydrogens is 328 g/mol. The van der Waals surface area contributed by atoms with Gasteiger partial charge in [0, 0.05) is 25.2 Å². The summed E-state index contributed by atoms with van der Waals surface area (Å²) in [4.78, 5) is 23.3. The molecule has 0 radical (unpaired) electrons. The van der Waals surface area contributed by atoms with Crippen molar-refractivity contribution < 1.29 is 4.79 Å². The maximum Gasteiger partial charge on any atom is 0.251 e. The van der Waals surface area contributed by atoms with Crippen LogP contribution in [0.1, 0.15) is 29.6 Å². The first kappa shape index (κ1) is 16.5. The fourth-order valence-electron chi connectivity index (χ4n) is 3.37. The van der Waals surface area contributed by atoms with Gasteiger partial charge in [0.25, 0.3) is 5.91 Å². The molecule has 0 saturated carbocycles. The summed E-state index contributed by atoms with van der Waals surface area (Å²) in [7, 11) is 0. The molecule has 7 heteroatoms. The van der Waals surface area contributed by atoms with Gasteiger partial charge in [-0.25, -0.2) is 14.6 Å². The largest absolute Gasteiger partial charge is 0.356 e. The molecule has 7 nitrogen and oxygen atoms in total. The molecule has 1 aliphatic heterocycles. The van der Waals surface area contributed by atoms with E-state index in [-0.39, 0.29) is 5.91 Å². The van der Waals surface area contributed by atoms with Gasteiger partial charge in [0.15, 0.2) is 5.65 Å². The van der Waals surface area contributed by atoms with Crippen molar-refractivity contribution in [3.63, 3.8) is 0 Å². The van der Waals surface area contributed by atoms with Gasteiger partial charge in [-0.05, 0) is 31.4 Å². The number of aromatic nitrogens is 4. The number of hydrogen-bond acceptors (Lipinski definition) is 5. The Morgan fingerprint density at radius 1 is 1.08 bits per heavy atom. The van der Waals surface area contributed by atoms with E-state index < -0.39 is 0 Å². The maximum absolute atomic E-state index is 12.1. The van der Waals surface area contributed by atoms with Crippen LogP contribution in [0, 0.1) is 0 Å². The molecule has 1 saturated heterocycles. The third-order valence-electron chi connectivity index (χ3n) is 4.71. The van der Waals surface area contributed by atoms with Gasteiger partial charge < -0.3 is 10.2 Å². The Morgan fingerprint density at radius 2 is 1.88 bits per heavy atom. The van der Waals surface area contributed by atoms with E-state index in [2.05, 4.69) is 25.3 Å². The standard InChI is InChI=1S/C19H22N6O/c26-19(15-7-3-1-4-8-15)20-9-12-25-18-16(13-23-25)17(21-14-22-18)24-10-5-2-6-11-24/h1,3-4,7-8,13-14H,2,5-6,9-12H2,(H,20,26). The second-order valence-electron chi connectivity index (χ2n) is 6.47. The number of piperidine rings is 1. The topological polar surface area (TPSA) is 75.9 Å². The number of anilines is 1. The number of carbonyl (C=O) groups is 1. The summed E-state index contributed by atoms with van der Waals surface area (Å²) in [5.41, 5.74) is 1.47. The second kappa shape index (κ2) is 7.51. The number of amides is 1. The minimum Gasteiger partial charge on any atom is -0.356 e. The number of nitrogens with one attached hydrogen (secondary N) is 1. The molecule has 0 atom stereocenters. The van der Waals surface area contributed by atoms with Crippen LogP contribution in [0.15, 0.2) is 42.9 Å². The van der Waals surface area contributed by atoms with E-state index in [0.717, 1.165) is 29.9 Å². The smallest absolute Gasteiger partial charge is 0.251 e. The van der Waals surface area contributed by atoms with Crippen molar-refractivity contribution in [3.8, 4) is 0 Å². The summed E-state index contributed by atoms with van der Waals surface area (Å²) in [6.07, 6.45) is 7.12. The molecule has 2 aromatic heterocycles. The van der Waals surface area contributed by atoms with Crippen molar-refractivity contribution in [2.45, 2.75) is 25.8 Å². The van der Waals surface area contributed by atoms with E-state index in [1.54, 1.807) is 18.5 Å². The summed E-state index contributed by atoms with van der Waals surface area (Å²) in [5, 5.41) is 8.36. The summed E-state index contributed by atoms with van der Waals surface area (Å²) in [6, 6.07) is 9.21. The van der Waals surface area contributed by atoms with Crippen LogP contribution in [0.5, 0.6) is 0 Å².